The molecule has 1 heterocycles. The predicted molar refractivity (Wildman–Crippen MR) is 85.8 cm³/mol. The number of hydrogen-bond donors (Lipinski definition) is 1. The Morgan fingerprint density at radius 1 is 1.04 bits per heavy atom. The fourth-order valence-electron chi connectivity index (χ4n) is 2.46. The van der Waals surface area contributed by atoms with Gasteiger partial charge in [0.05, 0.1) is 16.6 Å². The molecule has 0 saturated heterocycles. The summed E-state index contributed by atoms with van der Waals surface area (Å²) in [4.78, 5) is 16.7. The van der Waals surface area contributed by atoms with Crippen molar-refractivity contribution in [1.82, 2.24) is 4.98 Å². The third-order valence-electron chi connectivity index (χ3n) is 3.61. The molecule has 7 heteroatoms. The van der Waals surface area contributed by atoms with Crippen molar-refractivity contribution in [3.8, 4) is 0 Å². The number of pyridine rings is 1. The Kier molecular flexibility index (Phi) is 4.16. The van der Waals surface area contributed by atoms with Crippen molar-refractivity contribution in [1.29, 1.82) is 0 Å². The van der Waals surface area contributed by atoms with E-state index in [1.165, 1.54) is 24.3 Å². The maximum absolute atomic E-state index is 13.5. The van der Waals surface area contributed by atoms with E-state index in [9.17, 15) is 22.4 Å². The van der Waals surface area contributed by atoms with E-state index < -0.39 is 23.5 Å². The minimum atomic E-state index is -4.45. The molecule has 0 aliphatic carbocycles. The Bertz CT molecular complexity index is 950. The van der Waals surface area contributed by atoms with E-state index in [0.29, 0.717) is 16.6 Å². The number of rotatable bonds is 2. The number of aryl methyl sites for hydroxylation is 1. The molecule has 2 aromatic carbocycles. The highest BCUT2D eigenvalue weighted by molar-refractivity contribution is 6.12. The lowest BCUT2D eigenvalue weighted by Crippen LogP contribution is -2.13. The molecule has 0 fully saturated rings. The molecule has 0 spiro atoms. The molecule has 3 aromatic rings. The second kappa shape index (κ2) is 6.16. The first kappa shape index (κ1) is 16.9. The van der Waals surface area contributed by atoms with Crippen molar-refractivity contribution in [2.24, 2.45) is 0 Å². The number of hydrogen-bond acceptors (Lipinski definition) is 2. The van der Waals surface area contributed by atoms with Gasteiger partial charge in [-0.05, 0) is 55.5 Å². The van der Waals surface area contributed by atoms with Crippen LogP contribution in [0.5, 0.6) is 0 Å². The van der Waals surface area contributed by atoms with E-state index in [1.807, 2.05) is 0 Å². The summed E-state index contributed by atoms with van der Waals surface area (Å²) in [5.41, 5.74) is 0.618. The number of amides is 1. The molecule has 0 saturated carbocycles. The van der Waals surface area contributed by atoms with E-state index in [0.717, 1.165) is 24.3 Å². The standard InChI is InChI=1S/C18H12F4N2O/c1-10-8-15(14-9-12(19)4-7-16(14)23-10)17(25)24-13-5-2-11(3-6-13)18(20,21)22/h2-9H,1H3,(H,24,25). The zero-order valence-electron chi connectivity index (χ0n) is 13.0. The molecule has 0 aliphatic heterocycles. The number of nitrogens with zero attached hydrogens (tertiary/aromatic N) is 1. The highest BCUT2D eigenvalue weighted by atomic mass is 19.4. The molecule has 1 N–H and O–H groups in total. The van der Waals surface area contributed by atoms with Crippen molar-refractivity contribution in [3.05, 3.63) is 71.2 Å². The summed E-state index contributed by atoms with van der Waals surface area (Å²) in [6.07, 6.45) is -4.45. The molecule has 1 aromatic heterocycles. The van der Waals surface area contributed by atoms with E-state index in [1.54, 1.807) is 6.92 Å². The van der Waals surface area contributed by atoms with Gasteiger partial charge in [-0.25, -0.2) is 4.39 Å². The van der Waals surface area contributed by atoms with Gasteiger partial charge in [-0.2, -0.15) is 13.2 Å². The highest BCUT2D eigenvalue weighted by Gasteiger charge is 2.30. The molecule has 128 valence electrons. The molecule has 3 nitrogen and oxygen atoms in total. The number of halogens is 4. The van der Waals surface area contributed by atoms with Crippen LogP contribution in [0.25, 0.3) is 10.9 Å². The van der Waals surface area contributed by atoms with Crippen LogP contribution in [-0.2, 0) is 6.18 Å². The number of aromatic nitrogens is 1. The number of alkyl halides is 3. The summed E-state index contributed by atoms with van der Waals surface area (Å²) in [5, 5.41) is 2.85. The Labute approximate surface area is 140 Å². The van der Waals surface area contributed by atoms with Gasteiger partial charge in [0.2, 0.25) is 0 Å². The van der Waals surface area contributed by atoms with Gasteiger partial charge in [-0.1, -0.05) is 0 Å². The van der Waals surface area contributed by atoms with E-state index >= 15 is 0 Å². The first-order valence-corrected chi connectivity index (χ1v) is 7.29. The molecule has 0 aliphatic rings. The summed E-state index contributed by atoms with van der Waals surface area (Å²) in [5.74, 6) is -1.07. The van der Waals surface area contributed by atoms with Gasteiger partial charge in [0.1, 0.15) is 5.82 Å². The fraction of sp³-hybridized carbons (Fsp3) is 0.111. The number of carbonyl (C=O) groups is 1. The maximum Gasteiger partial charge on any atom is 0.416 e. The quantitative estimate of drug-likeness (QED) is 0.666. The summed E-state index contributed by atoms with van der Waals surface area (Å²) < 4.78 is 51.2. The van der Waals surface area contributed by atoms with Gasteiger partial charge < -0.3 is 5.32 Å². The van der Waals surface area contributed by atoms with Crippen molar-refractivity contribution < 1.29 is 22.4 Å². The molecular weight excluding hydrogens is 336 g/mol. The maximum atomic E-state index is 13.5. The van der Waals surface area contributed by atoms with Crippen LogP contribution in [0.1, 0.15) is 21.6 Å². The molecule has 0 bridgehead atoms. The second-order valence-corrected chi connectivity index (χ2v) is 5.50. The van der Waals surface area contributed by atoms with Crippen molar-refractivity contribution in [3.63, 3.8) is 0 Å². The molecule has 0 atom stereocenters. The Morgan fingerprint density at radius 2 is 1.72 bits per heavy atom. The Balaban J connectivity index is 1.94. The van der Waals surface area contributed by atoms with Crippen LogP contribution in [0, 0.1) is 12.7 Å². The summed E-state index contributed by atoms with van der Waals surface area (Å²) in [6, 6.07) is 9.50. The molecule has 25 heavy (non-hydrogen) atoms. The Hall–Kier alpha value is -2.96. The fourth-order valence-corrected chi connectivity index (χ4v) is 2.46. The number of anilines is 1. The van der Waals surface area contributed by atoms with Gasteiger partial charge in [-0.15, -0.1) is 0 Å². The van der Waals surface area contributed by atoms with Crippen LogP contribution in [-0.4, -0.2) is 10.9 Å². The number of nitrogens with one attached hydrogen (secondary N) is 1. The van der Waals surface area contributed by atoms with Crippen LogP contribution in [0.2, 0.25) is 0 Å². The topological polar surface area (TPSA) is 42.0 Å². The first-order valence-electron chi connectivity index (χ1n) is 7.29. The zero-order valence-corrected chi connectivity index (χ0v) is 13.0. The largest absolute Gasteiger partial charge is 0.416 e. The minimum absolute atomic E-state index is 0.196. The van der Waals surface area contributed by atoms with Crippen LogP contribution in [0.3, 0.4) is 0 Å². The molecule has 0 unspecified atom stereocenters. The van der Waals surface area contributed by atoms with Crippen LogP contribution < -0.4 is 5.32 Å². The normalized spacial score (nSPS) is 11.6. The monoisotopic (exact) mass is 348 g/mol. The lowest BCUT2D eigenvalue weighted by atomic mass is 10.1. The SMILES string of the molecule is Cc1cc(C(=O)Nc2ccc(C(F)(F)F)cc2)c2cc(F)ccc2n1. The first-order chi connectivity index (χ1) is 11.7. The van der Waals surface area contributed by atoms with Crippen molar-refractivity contribution in [2.75, 3.05) is 5.32 Å². The summed E-state index contributed by atoms with van der Waals surface area (Å²) >= 11 is 0. The van der Waals surface area contributed by atoms with E-state index in [2.05, 4.69) is 10.3 Å². The Morgan fingerprint density at radius 3 is 2.36 bits per heavy atom. The van der Waals surface area contributed by atoms with Gasteiger partial charge in [-0.3, -0.25) is 9.78 Å². The second-order valence-electron chi connectivity index (χ2n) is 5.50. The number of fused-ring (bicyclic) bond motifs is 1. The van der Waals surface area contributed by atoms with Gasteiger partial charge >= 0.3 is 6.18 Å². The lowest BCUT2D eigenvalue weighted by molar-refractivity contribution is -0.137. The average molecular weight is 348 g/mol. The molecule has 3 rings (SSSR count). The van der Waals surface area contributed by atoms with Gasteiger partial charge in [0.15, 0.2) is 0 Å². The van der Waals surface area contributed by atoms with Crippen molar-refractivity contribution in [2.45, 2.75) is 13.1 Å². The highest BCUT2D eigenvalue weighted by Crippen LogP contribution is 2.30. The van der Waals surface area contributed by atoms with Crippen LogP contribution in [0.15, 0.2) is 48.5 Å². The minimum Gasteiger partial charge on any atom is -0.322 e. The van der Waals surface area contributed by atoms with Crippen LogP contribution in [0.4, 0.5) is 23.2 Å². The molecule has 0 radical (unpaired) electrons. The third-order valence-corrected chi connectivity index (χ3v) is 3.61. The zero-order chi connectivity index (χ0) is 18.2. The number of carbonyl (C=O) groups excluding carboxylic acids is 1. The van der Waals surface area contributed by atoms with E-state index in [-0.39, 0.29) is 11.3 Å². The lowest BCUT2D eigenvalue weighted by Gasteiger charge is -2.11. The smallest absolute Gasteiger partial charge is 0.322 e. The van der Waals surface area contributed by atoms with Crippen LogP contribution >= 0.6 is 0 Å². The summed E-state index contributed by atoms with van der Waals surface area (Å²) in [6.45, 7) is 1.69. The third kappa shape index (κ3) is 3.60. The molecule has 1 amide bonds. The summed E-state index contributed by atoms with van der Waals surface area (Å²) in [7, 11) is 0. The van der Waals surface area contributed by atoms with Gasteiger partial charge in [0, 0.05) is 16.8 Å². The average Bonchev–Trinajstić information content (AvgIpc) is 2.54. The molecular formula is C18H12F4N2O. The van der Waals surface area contributed by atoms with E-state index in [4.69, 9.17) is 0 Å². The van der Waals surface area contributed by atoms with Gasteiger partial charge in [0.25, 0.3) is 5.91 Å². The predicted octanol–water partition coefficient (Wildman–Crippen LogP) is 4.95. The number of benzene rings is 2. The van der Waals surface area contributed by atoms with Crippen molar-refractivity contribution >= 4 is 22.5 Å².